The Morgan fingerprint density at radius 3 is 2.81 bits per heavy atom. The van der Waals surface area contributed by atoms with E-state index in [0.29, 0.717) is 13.1 Å². The maximum Gasteiger partial charge on any atom is 0.270 e. The summed E-state index contributed by atoms with van der Waals surface area (Å²) in [7, 11) is 0. The minimum absolute atomic E-state index is 0.0509. The summed E-state index contributed by atoms with van der Waals surface area (Å²) < 4.78 is 2.88. The fourth-order valence-corrected chi connectivity index (χ4v) is 2.05. The predicted molar refractivity (Wildman–Crippen MR) is 69.6 cm³/mol. The fraction of sp³-hybridized carbons (Fsp3) is 0.417. The SMILES string of the molecule is C=CCN(CC)C(=O)c1cc(Br)cn1CC. The first-order valence-electron chi connectivity index (χ1n) is 5.39. The molecule has 88 valence electrons. The topological polar surface area (TPSA) is 25.2 Å². The molecule has 0 saturated heterocycles. The number of aryl methyl sites for hydroxylation is 1. The number of carbonyl (C=O) groups is 1. The molecule has 1 aromatic heterocycles. The number of nitrogens with zero attached hydrogens (tertiary/aromatic N) is 2. The lowest BCUT2D eigenvalue weighted by Gasteiger charge is -2.19. The zero-order valence-corrected chi connectivity index (χ0v) is 11.3. The molecule has 0 atom stereocenters. The number of halogens is 1. The van der Waals surface area contributed by atoms with Crippen molar-refractivity contribution >= 4 is 21.8 Å². The molecule has 0 bridgehead atoms. The zero-order chi connectivity index (χ0) is 12.1. The molecule has 0 spiro atoms. The highest BCUT2D eigenvalue weighted by Gasteiger charge is 2.17. The van der Waals surface area contributed by atoms with Gasteiger partial charge in [0.15, 0.2) is 0 Å². The molecular weight excluding hydrogens is 268 g/mol. The Kier molecular flexibility index (Phi) is 4.80. The van der Waals surface area contributed by atoms with Gasteiger partial charge >= 0.3 is 0 Å². The van der Waals surface area contributed by atoms with Gasteiger partial charge in [0.05, 0.1) is 0 Å². The molecule has 1 aromatic rings. The Morgan fingerprint density at radius 2 is 2.31 bits per heavy atom. The van der Waals surface area contributed by atoms with Gasteiger partial charge in [0.25, 0.3) is 5.91 Å². The summed E-state index contributed by atoms with van der Waals surface area (Å²) in [5.41, 5.74) is 0.720. The van der Waals surface area contributed by atoms with Gasteiger partial charge in [0.2, 0.25) is 0 Å². The third kappa shape index (κ3) is 2.76. The maximum atomic E-state index is 12.2. The van der Waals surface area contributed by atoms with E-state index in [4.69, 9.17) is 0 Å². The molecule has 0 radical (unpaired) electrons. The third-order valence-corrected chi connectivity index (χ3v) is 2.88. The van der Waals surface area contributed by atoms with Gasteiger partial charge in [-0.25, -0.2) is 0 Å². The first-order valence-corrected chi connectivity index (χ1v) is 6.19. The van der Waals surface area contributed by atoms with Crippen molar-refractivity contribution in [2.75, 3.05) is 13.1 Å². The number of hydrogen-bond donors (Lipinski definition) is 0. The van der Waals surface area contributed by atoms with Crippen molar-refractivity contribution in [3.05, 3.63) is 35.1 Å². The van der Waals surface area contributed by atoms with Crippen LogP contribution in [-0.2, 0) is 6.54 Å². The Morgan fingerprint density at radius 1 is 1.62 bits per heavy atom. The van der Waals surface area contributed by atoms with Gasteiger partial charge in [-0.3, -0.25) is 4.79 Å². The van der Waals surface area contributed by atoms with Gasteiger partial charge in [0, 0.05) is 30.3 Å². The van der Waals surface area contributed by atoms with Crippen LogP contribution in [0, 0.1) is 0 Å². The zero-order valence-electron chi connectivity index (χ0n) is 9.74. The van der Waals surface area contributed by atoms with Crippen molar-refractivity contribution < 1.29 is 4.79 Å². The van der Waals surface area contributed by atoms with Crippen LogP contribution in [0.15, 0.2) is 29.4 Å². The van der Waals surface area contributed by atoms with Gasteiger partial charge in [-0.2, -0.15) is 0 Å². The first-order chi connectivity index (χ1) is 7.63. The Labute approximate surface area is 105 Å². The van der Waals surface area contributed by atoms with Crippen LogP contribution in [0.5, 0.6) is 0 Å². The molecule has 16 heavy (non-hydrogen) atoms. The molecule has 0 N–H and O–H groups in total. The highest BCUT2D eigenvalue weighted by atomic mass is 79.9. The third-order valence-electron chi connectivity index (χ3n) is 2.44. The monoisotopic (exact) mass is 284 g/mol. The smallest absolute Gasteiger partial charge is 0.270 e. The average molecular weight is 285 g/mol. The normalized spacial score (nSPS) is 10.2. The summed E-state index contributed by atoms with van der Waals surface area (Å²) in [5.74, 6) is 0.0509. The molecule has 0 saturated carbocycles. The molecule has 1 heterocycles. The van der Waals surface area contributed by atoms with E-state index >= 15 is 0 Å². The molecule has 1 amide bonds. The van der Waals surface area contributed by atoms with Crippen molar-refractivity contribution in [2.45, 2.75) is 20.4 Å². The van der Waals surface area contributed by atoms with Crippen molar-refractivity contribution in [3.8, 4) is 0 Å². The Hall–Kier alpha value is -1.03. The second-order valence-corrected chi connectivity index (χ2v) is 4.38. The standard InChI is InChI=1S/C12H17BrN2O/c1-4-7-14(5-2)12(16)11-8-10(13)9-15(11)6-3/h4,8-9H,1,5-7H2,2-3H3. The number of likely N-dealkylation sites (N-methyl/N-ethyl adjacent to an activating group) is 1. The van der Waals surface area contributed by atoms with Crippen LogP contribution in [0.1, 0.15) is 24.3 Å². The quantitative estimate of drug-likeness (QED) is 0.764. The molecular formula is C12H17BrN2O. The summed E-state index contributed by atoms with van der Waals surface area (Å²) in [5, 5.41) is 0. The van der Waals surface area contributed by atoms with Gasteiger partial charge in [0.1, 0.15) is 5.69 Å². The second-order valence-electron chi connectivity index (χ2n) is 3.46. The summed E-state index contributed by atoms with van der Waals surface area (Å²) in [6.45, 7) is 9.72. The Balaban J connectivity index is 2.97. The number of aromatic nitrogens is 1. The van der Waals surface area contributed by atoms with E-state index in [-0.39, 0.29) is 5.91 Å². The van der Waals surface area contributed by atoms with E-state index < -0.39 is 0 Å². The maximum absolute atomic E-state index is 12.2. The lowest BCUT2D eigenvalue weighted by molar-refractivity contribution is 0.0771. The van der Waals surface area contributed by atoms with Crippen molar-refractivity contribution in [1.82, 2.24) is 9.47 Å². The van der Waals surface area contributed by atoms with Gasteiger partial charge in [-0.05, 0) is 35.8 Å². The van der Waals surface area contributed by atoms with E-state index in [0.717, 1.165) is 16.7 Å². The van der Waals surface area contributed by atoms with E-state index in [2.05, 4.69) is 22.5 Å². The molecule has 0 aliphatic heterocycles. The van der Waals surface area contributed by atoms with Crippen LogP contribution >= 0.6 is 15.9 Å². The number of hydrogen-bond acceptors (Lipinski definition) is 1. The summed E-state index contributed by atoms with van der Waals surface area (Å²) in [4.78, 5) is 14.0. The predicted octanol–water partition coefficient (Wildman–Crippen LogP) is 2.92. The molecule has 0 aromatic carbocycles. The highest BCUT2D eigenvalue weighted by Crippen LogP contribution is 2.16. The lowest BCUT2D eigenvalue weighted by Crippen LogP contribution is -2.32. The number of amides is 1. The summed E-state index contributed by atoms with van der Waals surface area (Å²) >= 11 is 3.39. The molecule has 4 heteroatoms. The van der Waals surface area contributed by atoms with Crippen molar-refractivity contribution in [1.29, 1.82) is 0 Å². The van der Waals surface area contributed by atoms with Crippen LogP contribution in [0.4, 0.5) is 0 Å². The van der Waals surface area contributed by atoms with E-state index in [1.54, 1.807) is 11.0 Å². The van der Waals surface area contributed by atoms with Gasteiger partial charge in [-0.1, -0.05) is 6.08 Å². The summed E-state index contributed by atoms with van der Waals surface area (Å²) in [6.07, 6.45) is 3.67. The van der Waals surface area contributed by atoms with E-state index in [1.807, 2.05) is 30.7 Å². The molecule has 0 aliphatic rings. The minimum atomic E-state index is 0.0509. The minimum Gasteiger partial charge on any atom is -0.343 e. The van der Waals surface area contributed by atoms with Crippen LogP contribution in [0.2, 0.25) is 0 Å². The van der Waals surface area contributed by atoms with Gasteiger partial charge < -0.3 is 9.47 Å². The number of carbonyl (C=O) groups excluding carboxylic acids is 1. The van der Waals surface area contributed by atoms with E-state index in [1.165, 1.54) is 0 Å². The van der Waals surface area contributed by atoms with Crippen LogP contribution < -0.4 is 0 Å². The van der Waals surface area contributed by atoms with Crippen molar-refractivity contribution in [3.63, 3.8) is 0 Å². The lowest BCUT2D eigenvalue weighted by atomic mass is 10.3. The molecule has 1 rings (SSSR count). The average Bonchev–Trinajstić information content (AvgIpc) is 2.66. The van der Waals surface area contributed by atoms with Crippen molar-refractivity contribution in [2.24, 2.45) is 0 Å². The molecule has 3 nitrogen and oxygen atoms in total. The molecule has 0 unspecified atom stereocenters. The first kappa shape index (κ1) is 13.0. The molecule has 0 fully saturated rings. The largest absolute Gasteiger partial charge is 0.343 e. The second kappa shape index (κ2) is 5.89. The van der Waals surface area contributed by atoms with Gasteiger partial charge in [-0.15, -0.1) is 6.58 Å². The summed E-state index contributed by atoms with van der Waals surface area (Å²) in [6, 6.07) is 1.86. The van der Waals surface area contributed by atoms with Crippen LogP contribution in [-0.4, -0.2) is 28.5 Å². The highest BCUT2D eigenvalue weighted by molar-refractivity contribution is 9.10. The van der Waals surface area contributed by atoms with E-state index in [9.17, 15) is 4.79 Å². The van der Waals surface area contributed by atoms with Crippen LogP contribution in [0.3, 0.4) is 0 Å². The Bertz CT molecular complexity index is 384. The molecule has 0 aliphatic carbocycles. The number of rotatable bonds is 5. The fourth-order valence-electron chi connectivity index (χ4n) is 1.59. The van der Waals surface area contributed by atoms with Crippen LogP contribution in [0.25, 0.3) is 0 Å².